The standard InChI is InChI=1S/C30H33ClF2N4O4/c1-35-18-22(21-5-2-3-6-26(21)35)28(39)34-25-17-24(32)20(15-23(25)31)16-27(38)37-11-4-9-30(37,33)10-14-36-12-7-19(8-13-36)29(40)41/h2-3,5-6,15,17-19H,4,7-14,16H2,1H3,(H,34,39)(H,40,41)/t30-/m0/s1. The molecule has 41 heavy (non-hydrogen) atoms. The third kappa shape index (κ3) is 6.08. The molecule has 2 N–H and O–H groups in total. The van der Waals surface area contributed by atoms with Crippen LogP contribution in [0.3, 0.4) is 0 Å². The molecule has 11 heteroatoms. The molecule has 2 aromatic carbocycles. The van der Waals surface area contributed by atoms with E-state index in [2.05, 4.69) is 5.32 Å². The molecule has 1 atom stereocenters. The highest BCUT2D eigenvalue weighted by molar-refractivity contribution is 6.34. The van der Waals surface area contributed by atoms with Gasteiger partial charge in [-0.15, -0.1) is 0 Å². The minimum Gasteiger partial charge on any atom is -0.481 e. The number of aliphatic carboxylic acids is 1. The summed E-state index contributed by atoms with van der Waals surface area (Å²) in [5, 5.41) is 12.7. The lowest BCUT2D eigenvalue weighted by atomic mass is 9.96. The quantitative estimate of drug-likeness (QED) is 0.352. The van der Waals surface area contributed by atoms with Gasteiger partial charge in [-0.1, -0.05) is 29.8 Å². The van der Waals surface area contributed by atoms with Gasteiger partial charge in [0, 0.05) is 50.1 Å². The zero-order valence-electron chi connectivity index (χ0n) is 22.8. The first-order valence-electron chi connectivity index (χ1n) is 13.8. The third-order valence-corrected chi connectivity index (χ3v) is 8.65. The second-order valence-electron chi connectivity index (χ2n) is 11.0. The number of anilines is 1. The topological polar surface area (TPSA) is 94.9 Å². The largest absolute Gasteiger partial charge is 0.481 e. The average molecular weight is 587 g/mol. The number of piperidine rings is 1. The Balaban J connectivity index is 1.22. The molecule has 2 saturated heterocycles. The number of carboxylic acids is 1. The third-order valence-electron chi connectivity index (χ3n) is 8.34. The normalized spacial score (nSPS) is 20.0. The Labute approximate surface area is 241 Å². The van der Waals surface area contributed by atoms with Gasteiger partial charge in [0.2, 0.25) is 5.91 Å². The molecule has 2 fully saturated rings. The molecule has 218 valence electrons. The number of amides is 2. The summed E-state index contributed by atoms with van der Waals surface area (Å²) >= 11 is 6.39. The number of aromatic nitrogens is 1. The van der Waals surface area contributed by atoms with E-state index in [4.69, 9.17) is 11.6 Å². The van der Waals surface area contributed by atoms with E-state index < -0.39 is 29.4 Å². The van der Waals surface area contributed by atoms with E-state index in [1.807, 2.05) is 40.8 Å². The summed E-state index contributed by atoms with van der Waals surface area (Å²) < 4.78 is 32.9. The highest BCUT2D eigenvalue weighted by Gasteiger charge is 2.44. The number of fused-ring (bicyclic) bond motifs is 1. The smallest absolute Gasteiger partial charge is 0.306 e. The van der Waals surface area contributed by atoms with Crippen LogP contribution in [0.1, 0.15) is 48.0 Å². The number of carbonyl (C=O) groups is 3. The van der Waals surface area contributed by atoms with E-state index in [-0.39, 0.29) is 48.0 Å². The number of halogens is 3. The van der Waals surface area contributed by atoms with Crippen LogP contribution in [0.25, 0.3) is 10.9 Å². The minimum atomic E-state index is -1.84. The monoisotopic (exact) mass is 586 g/mol. The summed E-state index contributed by atoms with van der Waals surface area (Å²) in [7, 11) is 1.83. The molecule has 0 saturated carbocycles. The molecule has 0 radical (unpaired) electrons. The van der Waals surface area contributed by atoms with Gasteiger partial charge in [-0.05, 0) is 56.1 Å². The van der Waals surface area contributed by atoms with E-state index >= 15 is 8.78 Å². The number of benzene rings is 2. The zero-order valence-corrected chi connectivity index (χ0v) is 23.6. The fraction of sp³-hybridized carbons (Fsp3) is 0.433. The lowest BCUT2D eigenvalue weighted by Gasteiger charge is -2.35. The molecular formula is C30H33ClF2N4O4. The molecule has 3 heterocycles. The predicted molar refractivity (Wildman–Crippen MR) is 152 cm³/mol. The van der Waals surface area contributed by atoms with Crippen molar-refractivity contribution in [3.8, 4) is 0 Å². The maximum absolute atomic E-state index is 16.0. The lowest BCUT2D eigenvalue weighted by molar-refractivity contribution is -0.145. The van der Waals surface area contributed by atoms with Crippen LogP contribution in [0, 0.1) is 11.7 Å². The fourth-order valence-electron chi connectivity index (χ4n) is 5.97. The number of hydrogen-bond donors (Lipinski definition) is 2. The van der Waals surface area contributed by atoms with E-state index in [1.165, 1.54) is 11.0 Å². The van der Waals surface area contributed by atoms with Gasteiger partial charge in [0.15, 0.2) is 5.79 Å². The first-order chi connectivity index (χ1) is 19.6. The summed E-state index contributed by atoms with van der Waals surface area (Å²) in [5.41, 5.74) is 1.38. The summed E-state index contributed by atoms with van der Waals surface area (Å²) in [6.07, 6.45) is 3.19. The SMILES string of the molecule is Cn1cc(C(=O)Nc2cc(F)c(CC(=O)N3CCC[C@@]3(F)CCN3CCC(C(=O)O)CC3)cc2Cl)c2ccccc21. The van der Waals surface area contributed by atoms with Crippen LogP contribution in [0.5, 0.6) is 0 Å². The second kappa shape index (κ2) is 11.8. The maximum atomic E-state index is 16.0. The molecule has 3 aromatic rings. The predicted octanol–water partition coefficient (Wildman–Crippen LogP) is 5.24. The van der Waals surface area contributed by atoms with E-state index in [1.54, 1.807) is 6.20 Å². The first kappa shape index (κ1) is 29.0. The van der Waals surface area contributed by atoms with Crippen LogP contribution in [-0.2, 0) is 23.1 Å². The van der Waals surface area contributed by atoms with Gasteiger partial charge < -0.3 is 24.8 Å². The molecule has 0 spiro atoms. The van der Waals surface area contributed by atoms with Crippen molar-refractivity contribution in [2.75, 3.05) is 31.5 Å². The number of carboxylic acid groups (broad SMARTS) is 1. The number of nitrogens with one attached hydrogen (secondary N) is 1. The Kier molecular flexibility index (Phi) is 8.33. The van der Waals surface area contributed by atoms with Crippen LogP contribution >= 0.6 is 11.6 Å². The Morgan fingerprint density at radius 1 is 1.15 bits per heavy atom. The number of para-hydroxylation sites is 1. The van der Waals surface area contributed by atoms with Crippen molar-refractivity contribution in [3.05, 3.63) is 64.6 Å². The maximum Gasteiger partial charge on any atom is 0.306 e. The van der Waals surface area contributed by atoms with Crippen molar-refractivity contribution in [1.29, 1.82) is 0 Å². The fourth-order valence-corrected chi connectivity index (χ4v) is 6.21. The van der Waals surface area contributed by atoms with Gasteiger partial charge in [-0.3, -0.25) is 14.4 Å². The van der Waals surface area contributed by atoms with Crippen LogP contribution < -0.4 is 5.32 Å². The Bertz CT molecular complexity index is 1490. The number of likely N-dealkylation sites (tertiary alicyclic amines) is 2. The number of carbonyl (C=O) groups excluding carboxylic acids is 2. The molecule has 8 nitrogen and oxygen atoms in total. The Morgan fingerprint density at radius 2 is 1.88 bits per heavy atom. The van der Waals surface area contributed by atoms with Crippen LogP contribution in [0.4, 0.5) is 14.5 Å². The van der Waals surface area contributed by atoms with Crippen molar-refractivity contribution < 1.29 is 28.3 Å². The molecule has 0 unspecified atom stereocenters. The molecule has 0 bridgehead atoms. The van der Waals surface area contributed by atoms with E-state index in [0.29, 0.717) is 44.5 Å². The highest BCUT2D eigenvalue weighted by Crippen LogP contribution is 2.36. The van der Waals surface area contributed by atoms with Gasteiger partial charge >= 0.3 is 5.97 Å². The van der Waals surface area contributed by atoms with E-state index in [0.717, 1.165) is 17.0 Å². The Morgan fingerprint density at radius 3 is 2.61 bits per heavy atom. The van der Waals surface area contributed by atoms with Crippen molar-refractivity contribution >= 4 is 46.0 Å². The minimum absolute atomic E-state index is 0.0214. The number of rotatable bonds is 8. The second-order valence-corrected chi connectivity index (χ2v) is 11.4. The molecule has 2 amide bonds. The molecule has 2 aliphatic heterocycles. The molecule has 0 aliphatic carbocycles. The number of aryl methyl sites for hydroxylation is 1. The first-order valence-corrected chi connectivity index (χ1v) is 14.2. The van der Waals surface area contributed by atoms with Gasteiger partial charge in [0.25, 0.3) is 5.91 Å². The average Bonchev–Trinajstić information content (AvgIpc) is 3.51. The Hall–Kier alpha value is -3.50. The van der Waals surface area contributed by atoms with Crippen molar-refractivity contribution in [3.63, 3.8) is 0 Å². The lowest BCUT2D eigenvalue weighted by Crippen LogP contribution is -2.47. The summed E-state index contributed by atoms with van der Waals surface area (Å²) in [4.78, 5) is 40.6. The summed E-state index contributed by atoms with van der Waals surface area (Å²) in [6, 6.07) is 9.80. The molecule has 1 aromatic heterocycles. The van der Waals surface area contributed by atoms with Crippen molar-refractivity contribution in [2.24, 2.45) is 13.0 Å². The summed E-state index contributed by atoms with van der Waals surface area (Å²) in [6.45, 7) is 1.81. The molecule has 5 rings (SSSR count). The van der Waals surface area contributed by atoms with Gasteiger partial charge in [-0.2, -0.15) is 0 Å². The van der Waals surface area contributed by atoms with E-state index in [9.17, 15) is 19.5 Å². The number of hydrogen-bond acceptors (Lipinski definition) is 4. The van der Waals surface area contributed by atoms with Gasteiger partial charge in [0.1, 0.15) is 5.82 Å². The van der Waals surface area contributed by atoms with Gasteiger partial charge in [-0.25, -0.2) is 8.78 Å². The molecule has 2 aliphatic rings. The highest BCUT2D eigenvalue weighted by atomic mass is 35.5. The zero-order chi connectivity index (χ0) is 29.3. The van der Waals surface area contributed by atoms with Crippen LogP contribution in [0.15, 0.2) is 42.6 Å². The summed E-state index contributed by atoms with van der Waals surface area (Å²) in [5.74, 6) is -4.70. The number of alkyl halides is 1. The van der Waals surface area contributed by atoms with Crippen molar-refractivity contribution in [1.82, 2.24) is 14.4 Å². The van der Waals surface area contributed by atoms with Crippen molar-refractivity contribution in [2.45, 2.75) is 44.3 Å². The van der Waals surface area contributed by atoms with Crippen LogP contribution in [0.2, 0.25) is 5.02 Å². The van der Waals surface area contributed by atoms with Gasteiger partial charge in [0.05, 0.1) is 28.6 Å². The van der Waals surface area contributed by atoms with Crippen LogP contribution in [-0.4, -0.2) is 69.2 Å². The number of nitrogens with zero attached hydrogens (tertiary/aromatic N) is 3. The molecular weight excluding hydrogens is 554 g/mol.